The summed E-state index contributed by atoms with van der Waals surface area (Å²) < 4.78 is 4.96. The topological polar surface area (TPSA) is 72.5 Å². The number of hydrogen-bond donors (Lipinski definition) is 2. The number of ether oxygens (including phenoxy) is 1. The third-order valence-corrected chi connectivity index (χ3v) is 1.57. The zero-order chi connectivity index (χ0) is 9.68. The fraction of sp³-hybridized carbons (Fsp3) is 0.125. The van der Waals surface area contributed by atoms with E-state index >= 15 is 0 Å². The lowest BCUT2D eigenvalue weighted by Crippen LogP contribution is -2.10. The van der Waals surface area contributed by atoms with Gasteiger partial charge in [-0.1, -0.05) is 5.22 Å². The molecule has 0 fully saturated rings. The van der Waals surface area contributed by atoms with Crippen LogP contribution >= 0.6 is 0 Å². The zero-order valence-corrected chi connectivity index (χ0v) is 7.19. The average Bonchev–Trinajstić information content (AvgIpc) is 2.21. The summed E-state index contributed by atoms with van der Waals surface area (Å²) >= 11 is 0. The second kappa shape index (κ2) is 4.20. The number of methoxy groups -OCH3 is 1. The highest BCUT2D eigenvalue weighted by molar-refractivity contribution is 5.75. The number of rotatable bonds is 4. The summed E-state index contributed by atoms with van der Waals surface area (Å²) in [6, 6.07) is 6.94. The van der Waals surface area contributed by atoms with Gasteiger partial charge in [-0.05, 0) is 24.3 Å². The van der Waals surface area contributed by atoms with Crippen LogP contribution in [0.15, 0.2) is 29.5 Å². The van der Waals surface area contributed by atoms with Crippen molar-refractivity contribution in [2.45, 2.75) is 0 Å². The van der Waals surface area contributed by atoms with E-state index in [-0.39, 0.29) is 0 Å². The van der Waals surface area contributed by atoms with Gasteiger partial charge in [0.2, 0.25) is 0 Å². The third-order valence-electron chi connectivity index (χ3n) is 1.57. The average molecular weight is 178 g/mol. The van der Waals surface area contributed by atoms with Crippen molar-refractivity contribution >= 4 is 12.0 Å². The minimum atomic E-state index is 0.658. The summed E-state index contributed by atoms with van der Waals surface area (Å²) in [5, 5.41) is 11.2. The Labute approximate surface area is 75.9 Å². The van der Waals surface area contributed by atoms with E-state index in [1.807, 2.05) is 0 Å². The van der Waals surface area contributed by atoms with Crippen LogP contribution < -0.4 is 9.75 Å². The molecule has 13 heavy (non-hydrogen) atoms. The number of nitrogens with zero attached hydrogens (tertiary/aromatic N) is 2. The Hall–Kier alpha value is -1.91. The molecule has 0 aromatic heterocycles. The van der Waals surface area contributed by atoms with Gasteiger partial charge in [0.1, 0.15) is 12.1 Å². The molecule has 0 atom stereocenters. The summed E-state index contributed by atoms with van der Waals surface area (Å²) in [4.78, 5) is 0. The summed E-state index contributed by atoms with van der Waals surface area (Å²) in [6.07, 6.45) is 0.967. The fourth-order valence-corrected chi connectivity index (χ4v) is 0.896. The van der Waals surface area contributed by atoms with Gasteiger partial charge in [0.25, 0.3) is 0 Å². The molecule has 0 radical (unpaired) electrons. The molecule has 0 aliphatic heterocycles. The Morgan fingerprint density at radius 1 is 1.38 bits per heavy atom. The standard InChI is InChI=1S/C8H10N4O/c1-13-8-4-2-7(3-5-8)12(6-9)11-10/h2-6,9-10H,1H3. The molecule has 1 aromatic carbocycles. The van der Waals surface area contributed by atoms with Gasteiger partial charge >= 0.3 is 0 Å². The number of benzene rings is 1. The summed E-state index contributed by atoms with van der Waals surface area (Å²) in [5.41, 5.74) is 7.42. The molecule has 0 aliphatic carbocycles. The van der Waals surface area contributed by atoms with Gasteiger partial charge in [0, 0.05) is 0 Å². The summed E-state index contributed by atoms with van der Waals surface area (Å²) in [5.74, 6) is 0.735. The Bertz CT molecular complexity index is 288. The Morgan fingerprint density at radius 3 is 2.38 bits per heavy atom. The molecule has 5 heteroatoms. The maximum absolute atomic E-state index is 6.95. The van der Waals surface area contributed by atoms with Crippen molar-refractivity contribution in [2.24, 2.45) is 5.22 Å². The molecule has 0 bridgehead atoms. The Balaban J connectivity index is 2.90. The van der Waals surface area contributed by atoms with Gasteiger partial charge in [-0.3, -0.25) is 5.41 Å². The first-order valence-electron chi connectivity index (χ1n) is 3.63. The highest BCUT2D eigenvalue weighted by Crippen LogP contribution is 2.18. The van der Waals surface area contributed by atoms with Crippen molar-refractivity contribution in [1.82, 2.24) is 0 Å². The third kappa shape index (κ3) is 2.02. The summed E-state index contributed by atoms with van der Waals surface area (Å²) in [6.45, 7) is 0. The van der Waals surface area contributed by atoms with Crippen LogP contribution in [-0.4, -0.2) is 13.4 Å². The highest BCUT2D eigenvalue weighted by Gasteiger charge is 2.00. The minimum Gasteiger partial charge on any atom is -0.497 e. The van der Waals surface area contributed by atoms with E-state index in [0.717, 1.165) is 17.1 Å². The second-order valence-corrected chi connectivity index (χ2v) is 2.27. The molecule has 1 aromatic rings. The smallest absolute Gasteiger partial charge is 0.119 e. The molecule has 5 nitrogen and oxygen atoms in total. The predicted octanol–water partition coefficient (Wildman–Crippen LogP) is 2.05. The first-order chi connectivity index (χ1) is 6.31. The minimum absolute atomic E-state index is 0.658. The molecule has 0 spiro atoms. The quantitative estimate of drug-likeness (QED) is 0.320. The lowest BCUT2D eigenvalue weighted by atomic mass is 10.3. The molecule has 68 valence electrons. The van der Waals surface area contributed by atoms with Crippen LogP contribution in [0.2, 0.25) is 0 Å². The van der Waals surface area contributed by atoms with E-state index in [2.05, 4.69) is 5.22 Å². The van der Waals surface area contributed by atoms with E-state index in [9.17, 15) is 0 Å². The summed E-state index contributed by atoms with van der Waals surface area (Å²) in [7, 11) is 1.58. The van der Waals surface area contributed by atoms with Crippen LogP contribution in [0.4, 0.5) is 5.69 Å². The van der Waals surface area contributed by atoms with E-state index < -0.39 is 0 Å². The van der Waals surface area contributed by atoms with E-state index in [1.54, 1.807) is 31.4 Å². The van der Waals surface area contributed by atoms with Crippen LogP contribution in [-0.2, 0) is 0 Å². The molecule has 0 heterocycles. The van der Waals surface area contributed by atoms with Gasteiger partial charge < -0.3 is 4.74 Å². The van der Waals surface area contributed by atoms with Crippen LogP contribution in [0.3, 0.4) is 0 Å². The number of nitrogens with one attached hydrogen (secondary N) is 2. The Morgan fingerprint density at radius 2 is 2.00 bits per heavy atom. The molecule has 0 saturated carbocycles. The van der Waals surface area contributed by atoms with Crippen molar-refractivity contribution in [1.29, 1.82) is 10.9 Å². The van der Waals surface area contributed by atoms with Crippen molar-refractivity contribution in [3.63, 3.8) is 0 Å². The normalized spacial score (nSPS) is 9.00. The predicted molar refractivity (Wildman–Crippen MR) is 49.4 cm³/mol. The zero-order valence-electron chi connectivity index (χ0n) is 7.19. The van der Waals surface area contributed by atoms with Gasteiger partial charge in [-0.15, -0.1) is 0 Å². The molecular formula is C8H10N4O. The number of hydrogen-bond acceptors (Lipinski definition) is 4. The molecule has 1 rings (SSSR count). The van der Waals surface area contributed by atoms with E-state index in [4.69, 9.17) is 15.7 Å². The molecule has 0 amide bonds. The second-order valence-electron chi connectivity index (χ2n) is 2.27. The first kappa shape index (κ1) is 9.18. The van der Waals surface area contributed by atoms with Crippen LogP contribution in [0.5, 0.6) is 5.75 Å². The lowest BCUT2D eigenvalue weighted by Gasteiger charge is -2.09. The van der Waals surface area contributed by atoms with Crippen LogP contribution in [0.1, 0.15) is 0 Å². The Kier molecular flexibility index (Phi) is 2.97. The largest absolute Gasteiger partial charge is 0.497 e. The molecule has 0 aliphatic rings. The van der Waals surface area contributed by atoms with Crippen LogP contribution in [0, 0.1) is 10.9 Å². The maximum Gasteiger partial charge on any atom is 0.119 e. The number of anilines is 1. The highest BCUT2D eigenvalue weighted by atomic mass is 16.5. The maximum atomic E-state index is 6.95. The fourth-order valence-electron chi connectivity index (χ4n) is 0.896. The first-order valence-corrected chi connectivity index (χ1v) is 3.63. The van der Waals surface area contributed by atoms with Crippen molar-refractivity contribution in [3.8, 4) is 5.75 Å². The van der Waals surface area contributed by atoms with E-state index in [1.165, 1.54) is 0 Å². The van der Waals surface area contributed by atoms with Gasteiger partial charge in [0.15, 0.2) is 0 Å². The van der Waals surface area contributed by atoms with Crippen molar-refractivity contribution in [3.05, 3.63) is 24.3 Å². The van der Waals surface area contributed by atoms with Gasteiger partial charge in [0.05, 0.1) is 12.8 Å². The van der Waals surface area contributed by atoms with Gasteiger partial charge in [-0.25, -0.2) is 5.01 Å². The van der Waals surface area contributed by atoms with Gasteiger partial charge in [-0.2, -0.15) is 5.53 Å². The lowest BCUT2D eigenvalue weighted by molar-refractivity contribution is 0.415. The van der Waals surface area contributed by atoms with Crippen molar-refractivity contribution < 1.29 is 4.74 Å². The monoisotopic (exact) mass is 178 g/mol. The molecule has 0 saturated heterocycles. The SMILES string of the molecule is COc1ccc(N(C=N)N=N)cc1. The van der Waals surface area contributed by atoms with Crippen LogP contribution in [0.25, 0.3) is 0 Å². The van der Waals surface area contributed by atoms with Crippen molar-refractivity contribution in [2.75, 3.05) is 12.1 Å². The molecule has 0 unspecified atom stereocenters. The molecular weight excluding hydrogens is 168 g/mol. The molecule has 2 N–H and O–H groups in total. The van der Waals surface area contributed by atoms with E-state index in [0.29, 0.717) is 5.69 Å².